The van der Waals surface area contributed by atoms with E-state index in [0.717, 1.165) is 12.0 Å². The Morgan fingerprint density at radius 3 is 2.43 bits per heavy atom. The molecule has 0 saturated heterocycles. The smallest absolute Gasteiger partial charge is 0.132 e. The van der Waals surface area contributed by atoms with Gasteiger partial charge in [-0.25, -0.2) is 4.39 Å². The summed E-state index contributed by atoms with van der Waals surface area (Å²) in [4.78, 5) is 0. The number of aryl methyl sites for hydroxylation is 1. The van der Waals surface area contributed by atoms with Crippen molar-refractivity contribution in [2.24, 2.45) is 5.73 Å². The van der Waals surface area contributed by atoms with Crippen LogP contribution < -0.4 is 10.5 Å². The molecule has 21 heavy (non-hydrogen) atoms. The predicted molar refractivity (Wildman–Crippen MR) is 84.0 cm³/mol. The second-order valence-corrected chi connectivity index (χ2v) is 5.21. The van der Waals surface area contributed by atoms with E-state index in [1.807, 2.05) is 12.1 Å². The lowest BCUT2D eigenvalue weighted by Gasteiger charge is -2.15. The maximum atomic E-state index is 14.1. The van der Waals surface area contributed by atoms with Gasteiger partial charge in [-0.15, -0.1) is 0 Å². The number of hydrogen-bond donors (Lipinski definition) is 1. The normalized spacial score (nSPS) is 12.2. The van der Waals surface area contributed by atoms with Gasteiger partial charge >= 0.3 is 0 Å². The minimum absolute atomic E-state index is 0.336. The third-order valence-corrected chi connectivity index (χ3v) is 3.70. The van der Waals surface area contributed by atoms with E-state index in [1.165, 1.54) is 31.6 Å². The molecule has 0 aliphatic heterocycles. The van der Waals surface area contributed by atoms with E-state index in [2.05, 4.69) is 19.1 Å². The first-order valence-corrected chi connectivity index (χ1v) is 7.33. The molecule has 0 bridgehead atoms. The molecule has 2 aromatic rings. The zero-order valence-corrected chi connectivity index (χ0v) is 12.6. The number of nitrogens with two attached hydrogens (primary N) is 1. The summed E-state index contributed by atoms with van der Waals surface area (Å²) < 4.78 is 19.1. The summed E-state index contributed by atoms with van der Waals surface area (Å²) in [5, 5.41) is 0. The molecule has 2 rings (SSSR count). The first-order chi connectivity index (χ1) is 10.2. The van der Waals surface area contributed by atoms with Crippen molar-refractivity contribution in [1.82, 2.24) is 0 Å². The molecule has 112 valence electrons. The van der Waals surface area contributed by atoms with E-state index in [9.17, 15) is 4.39 Å². The Bertz CT molecular complexity index is 580. The fraction of sp³-hybridized carbons (Fsp3) is 0.333. The second kappa shape index (κ2) is 7.23. The summed E-state index contributed by atoms with van der Waals surface area (Å²) in [6, 6.07) is 12.4. The standard InChI is InChI=1S/C18H22FNO/c1-3-4-5-13-6-8-14(9-7-13)18(20)16-11-10-15(21-2)12-17(16)19/h6-12,18H,3-5,20H2,1-2H3. The SMILES string of the molecule is CCCCc1ccc(C(N)c2ccc(OC)cc2F)cc1. The zero-order chi connectivity index (χ0) is 15.2. The van der Waals surface area contributed by atoms with Crippen molar-refractivity contribution in [2.75, 3.05) is 7.11 Å². The van der Waals surface area contributed by atoms with E-state index in [-0.39, 0.29) is 5.82 Å². The monoisotopic (exact) mass is 287 g/mol. The summed E-state index contributed by atoms with van der Waals surface area (Å²) in [5.74, 6) is 0.162. The molecular formula is C18H22FNO. The van der Waals surface area contributed by atoms with Crippen LogP contribution in [-0.4, -0.2) is 7.11 Å². The molecule has 1 unspecified atom stereocenters. The molecule has 0 aliphatic rings. The van der Waals surface area contributed by atoms with Gasteiger partial charge in [0.15, 0.2) is 0 Å². The van der Waals surface area contributed by atoms with Gasteiger partial charge in [-0.1, -0.05) is 43.7 Å². The molecule has 0 aliphatic carbocycles. The maximum absolute atomic E-state index is 14.1. The van der Waals surface area contributed by atoms with Crippen molar-refractivity contribution < 1.29 is 9.13 Å². The van der Waals surface area contributed by atoms with Crippen LogP contribution in [-0.2, 0) is 6.42 Å². The van der Waals surface area contributed by atoms with Crippen LogP contribution in [0.4, 0.5) is 4.39 Å². The lowest BCUT2D eigenvalue weighted by Crippen LogP contribution is -2.13. The molecule has 0 spiro atoms. The van der Waals surface area contributed by atoms with Gasteiger partial charge in [0.2, 0.25) is 0 Å². The highest BCUT2D eigenvalue weighted by Gasteiger charge is 2.14. The zero-order valence-electron chi connectivity index (χ0n) is 12.6. The Labute approximate surface area is 125 Å². The van der Waals surface area contributed by atoms with Crippen LogP contribution >= 0.6 is 0 Å². The van der Waals surface area contributed by atoms with Crippen LogP contribution in [0.25, 0.3) is 0 Å². The van der Waals surface area contributed by atoms with Gasteiger partial charge in [-0.05, 0) is 30.0 Å². The fourth-order valence-corrected chi connectivity index (χ4v) is 2.34. The molecule has 2 N–H and O–H groups in total. The van der Waals surface area contributed by atoms with Gasteiger partial charge in [0.05, 0.1) is 13.2 Å². The van der Waals surface area contributed by atoms with Gasteiger partial charge in [0, 0.05) is 11.6 Å². The number of hydrogen-bond acceptors (Lipinski definition) is 2. The highest BCUT2D eigenvalue weighted by atomic mass is 19.1. The molecule has 0 aromatic heterocycles. The Hall–Kier alpha value is -1.87. The Kier molecular flexibility index (Phi) is 5.34. The molecule has 3 heteroatoms. The van der Waals surface area contributed by atoms with Crippen molar-refractivity contribution >= 4 is 0 Å². The summed E-state index contributed by atoms with van der Waals surface area (Å²) in [6.45, 7) is 2.18. The molecule has 0 heterocycles. The average molecular weight is 287 g/mol. The topological polar surface area (TPSA) is 35.2 Å². The molecule has 1 atom stereocenters. The van der Waals surface area contributed by atoms with Crippen molar-refractivity contribution in [3.63, 3.8) is 0 Å². The summed E-state index contributed by atoms with van der Waals surface area (Å²) in [5.41, 5.74) is 8.87. The van der Waals surface area contributed by atoms with E-state index in [4.69, 9.17) is 10.5 Å². The summed E-state index contributed by atoms with van der Waals surface area (Å²) in [6.07, 6.45) is 3.43. The number of unbranched alkanes of at least 4 members (excludes halogenated alkanes) is 1. The first-order valence-electron chi connectivity index (χ1n) is 7.33. The van der Waals surface area contributed by atoms with Crippen molar-refractivity contribution in [1.29, 1.82) is 0 Å². The van der Waals surface area contributed by atoms with Crippen LogP contribution in [0.2, 0.25) is 0 Å². The van der Waals surface area contributed by atoms with Gasteiger partial charge in [0.25, 0.3) is 0 Å². The molecule has 0 saturated carbocycles. The first kappa shape index (κ1) is 15.5. The molecule has 2 nitrogen and oxygen atoms in total. The number of benzene rings is 2. The second-order valence-electron chi connectivity index (χ2n) is 5.21. The minimum atomic E-state index is -0.462. The van der Waals surface area contributed by atoms with E-state index in [0.29, 0.717) is 11.3 Å². The predicted octanol–water partition coefficient (Wildman–Crippen LogP) is 4.23. The maximum Gasteiger partial charge on any atom is 0.132 e. The largest absolute Gasteiger partial charge is 0.497 e. The number of halogens is 1. The fourth-order valence-electron chi connectivity index (χ4n) is 2.34. The van der Waals surface area contributed by atoms with Crippen molar-refractivity contribution in [3.8, 4) is 5.75 Å². The Balaban J connectivity index is 2.17. The lowest BCUT2D eigenvalue weighted by molar-refractivity contribution is 0.410. The third-order valence-electron chi connectivity index (χ3n) is 3.70. The number of ether oxygens (including phenoxy) is 1. The van der Waals surface area contributed by atoms with Crippen LogP contribution in [0.1, 0.15) is 42.5 Å². The van der Waals surface area contributed by atoms with Crippen LogP contribution in [0.15, 0.2) is 42.5 Å². The van der Waals surface area contributed by atoms with Gasteiger partial charge in [-0.3, -0.25) is 0 Å². The summed E-state index contributed by atoms with van der Waals surface area (Å²) in [7, 11) is 1.52. The van der Waals surface area contributed by atoms with Crippen LogP contribution in [0.5, 0.6) is 5.75 Å². The van der Waals surface area contributed by atoms with E-state index in [1.54, 1.807) is 12.1 Å². The molecular weight excluding hydrogens is 265 g/mol. The van der Waals surface area contributed by atoms with Crippen molar-refractivity contribution in [2.45, 2.75) is 32.2 Å². The highest BCUT2D eigenvalue weighted by Crippen LogP contribution is 2.25. The van der Waals surface area contributed by atoms with Crippen molar-refractivity contribution in [3.05, 3.63) is 65.0 Å². The molecule has 0 radical (unpaired) electrons. The van der Waals surface area contributed by atoms with E-state index < -0.39 is 6.04 Å². The van der Waals surface area contributed by atoms with Gasteiger partial charge < -0.3 is 10.5 Å². The average Bonchev–Trinajstić information content (AvgIpc) is 2.52. The minimum Gasteiger partial charge on any atom is -0.497 e. The van der Waals surface area contributed by atoms with Crippen LogP contribution in [0, 0.1) is 5.82 Å². The number of methoxy groups -OCH3 is 1. The van der Waals surface area contributed by atoms with Crippen LogP contribution in [0.3, 0.4) is 0 Å². The quantitative estimate of drug-likeness (QED) is 0.863. The molecule has 0 fully saturated rings. The van der Waals surface area contributed by atoms with Gasteiger partial charge in [-0.2, -0.15) is 0 Å². The Morgan fingerprint density at radius 2 is 1.86 bits per heavy atom. The lowest BCUT2D eigenvalue weighted by atomic mass is 9.97. The molecule has 2 aromatic carbocycles. The molecule has 0 amide bonds. The third kappa shape index (κ3) is 3.82. The van der Waals surface area contributed by atoms with E-state index >= 15 is 0 Å². The Morgan fingerprint density at radius 1 is 1.14 bits per heavy atom. The number of rotatable bonds is 6. The summed E-state index contributed by atoms with van der Waals surface area (Å²) >= 11 is 0. The van der Waals surface area contributed by atoms with Gasteiger partial charge in [0.1, 0.15) is 11.6 Å². The highest BCUT2D eigenvalue weighted by molar-refractivity contribution is 5.37.